The number of hydrogen-bond donors (Lipinski definition) is 2. The van der Waals surface area contributed by atoms with Gasteiger partial charge in [0.2, 0.25) is 0 Å². The Morgan fingerprint density at radius 3 is 2.69 bits per heavy atom. The van der Waals surface area contributed by atoms with E-state index >= 15 is 0 Å². The average molecular weight is 626 g/mol. The summed E-state index contributed by atoms with van der Waals surface area (Å²) in [5, 5.41) is 19.8. The van der Waals surface area contributed by atoms with Crippen LogP contribution in [0.2, 0.25) is 10.0 Å². The number of pyridine rings is 1. The molecule has 2 unspecified atom stereocenters. The number of carbonyl (C=O) groups is 1. The molecule has 0 radical (unpaired) electrons. The monoisotopic (exact) mass is 625 g/mol. The van der Waals surface area contributed by atoms with E-state index in [0.717, 1.165) is 0 Å². The van der Waals surface area contributed by atoms with Crippen molar-refractivity contribution in [1.29, 1.82) is 0 Å². The van der Waals surface area contributed by atoms with E-state index in [0.29, 0.717) is 6.61 Å². The second kappa shape index (κ2) is 13.6. The first-order chi connectivity index (χ1) is 20.0. The number of aromatic nitrogens is 6. The van der Waals surface area contributed by atoms with Crippen LogP contribution in [0.4, 0.5) is 8.78 Å². The number of hydrogen-bond acceptors (Lipinski definition) is 10. The summed E-state index contributed by atoms with van der Waals surface area (Å²) in [6.07, 6.45) is 0.343. The quantitative estimate of drug-likeness (QED) is 0.135. The molecule has 0 saturated carbocycles. The largest absolute Gasteiger partial charge is 0.464 e. The van der Waals surface area contributed by atoms with Crippen molar-refractivity contribution >= 4 is 29.2 Å². The number of rotatable bonds is 12. The summed E-state index contributed by atoms with van der Waals surface area (Å²) >= 11 is 11.8. The summed E-state index contributed by atoms with van der Waals surface area (Å²) in [6, 6.07) is 3.98. The number of aliphatic hydroxyl groups excluding tert-OH is 1. The van der Waals surface area contributed by atoms with E-state index < -0.39 is 36.0 Å². The first-order valence-corrected chi connectivity index (χ1v) is 13.3. The molecule has 1 aromatic carbocycles. The van der Waals surface area contributed by atoms with Gasteiger partial charge in [-0.1, -0.05) is 23.2 Å². The lowest BCUT2D eigenvalue weighted by atomic mass is 10.1. The zero-order valence-corrected chi connectivity index (χ0v) is 24.2. The van der Waals surface area contributed by atoms with Gasteiger partial charge in [-0.05, 0) is 32.0 Å². The van der Waals surface area contributed by atoms with Gasteiger partial charge in [0.15, 0.2) is 23.2 Å². The number of nitrogens with zero attached hydrogens (tertiary/aromatic N) is 6. The van der Waals surface area contributed by atoms with Crippen molar-refractivity contribution in [3.05, 3.63) is 75.8 Å². The maximum absolute atomic E-state index is 14.5. The van der Waals surface area contributed by atoms with Crippen molar-refractivity contribution in [2.75, 3.05) is 20.3 Å². The number of halogens is 4. The molecule has 42 heavy (non-hydrogen) atoms. The summed E-state index contributed by atoms with van der Waals surface area (Å²) in [5.41, 5.74) is 6.31. The zero-order chi connectivity index (χ0) is 30.6. The molecule has 0 spiro atoms. The van der Waals surface area contributed by atoms with Gasteiger partial charge in [-0.3, -0.25) is 4.68 Å². The second-order valence-electron chi connectivity index (χ2n) is 8.94. The fourth-order valence-electron chi connectivity index (χ4n) is 4.06. The summed E-state index contributed by atoms with van der Waals surface area (Å²) in [6.45, 7) is 3.54. The third-order valence-electron chi connectivity index (χ3n) is 5.94. The summed E-state index contributed by atoms with van der Waals surface area (Å²) in [5.74, 6) is -2.76. The number of esters is 1. The molecule has 4 rings (SSSR count). The average Bonchev–Trinajstić information content (AvgIpc) is 3.59. The third kappa shape index (κ3) is 6.91. The Kier molecular flexibility index (Phi) is 10.2. The van der Waals surface area contributed by atoms with Crippen molar-refractivity contribution in [2.24, 2.45) is 5.73 Å². The molecule has 3 aromatic heterocycles. The Bertz CT molecular complexity index is 1570. The van der Waals surface area contributed by atoms with Gasteiger partial charge in [-0.2, -0.15) is 10.2 Å². The maximum atomic E-state index is 14.5. The topological polar surface area (TPSA) is 152 Å². The third-order valence-corrected chi connectivity index (χ3v) is 6.44. The van der Waals surface area contributed by atoms with Gasteiger partial charge in [-0.25, -0.2) is 28.2 Å². The number of carbonyl (C=O) groups excluding carboxylic acids is 1. The molecule has 3 N–H and O–H groups in total. The Morgan fingerprint density at radius 1 is 1.21 bits per heavy atom. The normalized spacial score (nSPS) is 13.6. The van der Waals surface area contributed by atoms with Gasteiger partial charge in [0.05, 0.1) is 36.5 Å². The van der Waals surface area contributed by atoms with E-state index in [2.05, 4.69) is 20.2 Å². The smallest absolute Gasteiger partial charge is 0.358 e. The van der Waals surface area contributed by atoms with Crippen LogP contribution in [-0.4, -0.2) is 73.3 Å². The molecule has 0 aliphatic heterocycles. The molecule has 0 aliphatic carbocycles. The number of nitrogens with two attached hydrogens (primary N) is 1. The highest BCUT2D eigenvalue weighted by Crippen LogP contribution is 2.30. The summed E-state index contributed by atoms with van der Waals surface area (Å²) in [4.78, 5) is 21.0. The SMILES string of the molecule is CCOCC(N)OC(c1nc(C)nn1-c1cc(Cl)cnc1C(=O)OC)[C@@H](O)Cn1cc(-c2ccc(Cl)c(F)c2F)cn1. The maximum Gasteiger partial charge on any atom is 0.358 e. The van der Waals surface area contributed by atoms with Crippen LogP contribution in [0.25, 0.3) is 16.8 Å². The second-order valence-corrected chi connectivity index (χ2v) is 9.78. The van der Waals surface area contributed by atoms with Gasteiger partial charge in [0.25, 0.3) is 0 Å². The van der Waals surface area contributed by atoms with Crippen LogP contribution < -0.4 is 5.73 Å². The molecule has 0 aliphatic rings. The van der Waals surface area contributed by atoms with Crippen LogP contribution in [0.15, 0.2) is 36.8 Å². The molecular weight excluding hydrogens is 599 g/mol. The van der Waals surface area contributed by atoms with Crippen LogP contribution >= 0.6 is 23.2 Å². The van der Waals surface area contributed by atoms with E-state index in [1.165, 1.54) is 53.3 Å². The first-order valence-electron chi connectivity index (χ1n) is 12.5. The molecule has 3 heterocycles. The fourth-order valence-corrected chi connectivity index (χ4v) is 4.36. The van der Waals surface area contributed by atoms with Crippen LogP contribution in [-0.2, 0) is 20.8 Å². The van der Waals surface area contributed by atoms with E-state index in [1.54, 1.807) is 13.8 Å². The highest BCUT2D eigenvalue weighted by Gasteiger charge is 2.32. The highest BCUT2D eigenvalue weighted by molar-refractivity contribution is 6.31. The Labute approximate surface area is 248 Å². The lowest BCUT2D eigenvalue weighted by Gasteiger charge is -2.26. The Balaban J connectivity index is 1.72. The molecule has 0 fully saturated rings. The highest BCUT2D eigenvalue weighted by atomic mass is 35.5. The van der Waals surface area contributed by atoms with Crippen molar-refractivity contribution in [1.82, 2.24) is 29.5 Å². The number of aryl methyl sites for hydroxylation is 1. The number of aliphatic hydroxyl groups is 1. The minimum atomic E-state index is -1.38. The van der Waals surface area contributed by atoms with Crippen molar-refractivity contribution < 1.29 is 32.9 Å². The van der Waals surface area contributed by atoms with Crippen LogP contribution in [0.1, 0.15) is 35.2 Å². The standard InChI is InChI=1S/C26H27Cl2F2N7O5/c1-4-41-12-20(31)42-24(19(38)11-36-10-14(8-33-36)16-5-6-17(28)22(30)21(16)29)25-34-13(2)35-37(25)18-7-15(27)9-32-23(18)26(39)40-3/h5-10,19-20,24,38H,4,11-12,31H2,1-3H3/t19-,20?,24?/m0/s1. The van der Waals surface area contributed by atoms with Crippen LogP contribution in [0.5, 0.6) is 0 Å². The predicted molar refractivity (Wildman–Crippen MR) is 147 cm³/mol. The van der Waals surface area contributed by atoms with E-state index in [1.807, 2.05) is 0 Å². The number of methoxy groups -OCH3 is 1. The molecule has 4 aromatic rings. The zero-order valence-electron chi connectivity index (χ0n) is 22.7. The molecule has 0 bridgehead atoms. The Hall–Kier alpha value is -3.53. The van der Waals surface area contributed by atoms with Crippen molar-refractivity contribution in [3.8, 4) is 16.8 Å². The van der Waals surface area contributed by atoms with Gasteiger partial charge < -0.3 is 25.1 Å². The molecule has 16 heteroatoms. The molecule has 0 saturated heterocycles. The Morgan fingerprint density at radius 2 is 1.98 bits per heavy atom. The van der Waals surface area contributed by atoms with Gasteiger partial charge in [0.1, 0.15) is 29.9 Å². The predicted octanol–water partition coefficient (Wildman–Crippen LogP) is 3.65. The van der Waals surface area contributed by atoms with Gasteiger partial charge in [0, 0.05) is 30.1 Å². The lowest BCUT2D eigenvalue weighted by molar-refractivity contribution is -0.109. The lowest BCUT2D eigenvalue weighted by Crippen LogP contribution is -2.37. The van der Waals surface area contributed by atoms with E-state index in [9.17, 15) is 18.7 Å². The molecule has 0 amide bonds. The van der Waals surface area contributed by atoms with Crippen molar-refractivity contribution in [2.45, 2.75) is 38.8 Å². The summed E-state index contributed by atoms with van der Waals surface area (Å²) < 4.78 is 47.3. The molecule has 3 atom stereocenters. The summed E-state index contributed by atoms with van der Waals surface area (Å²) in [7, 11) is 1.20. The molecule has 12 nitrogen and oxygen atoms in total. The number of benzene rings is 1. The van der Waals surface area contributed by atoms with Gasteiger partial charge >= 0.3 is 5.97 Å². The van der Waals surface area contributed by atoms with Crippen LogP contribution in [0.3, 0.4) is 0 Å². The van der Waals surface area contributed by atoms with Crippen molar-refractivity contribution in [3.63, 3.8) is 0 Å². The van der Waals surface area contributed by atoms with Gasteiger partial charge in [-0.15, -0.1) is 0 Å². The minimum Gasteiger partial charge on any atom is -0.464 e. The number of ether oxygens (including phenoxy) is 3. The fraction of sp³-hybridized carbons (Fsp3) is 0.346. The first kappa shape index (κ1) is 31.4. The van der Waals surface area contributed by atoms with Crippen LogP contribution in [0, 0.1) is 18.6 Å². The van der Waals surface area contributed by atoms with E-state index in [-0.39, 0.29) is 57.4 Å². The van der Waals surface area contributed by atoms with E-state index in [4.69, 9.17) is 43.1 Å². The molecular formula is C26H27Cl2F2N7O5. The minimum absolute atomic E-state index is 0.00764. The molecule has 224 valence electrons.